The largest absolute Gasteiger partial charge is 0.446 e. The number of fused-ring (bicyclic) bond motifs is 2. The lowest BCUT2D eigenvalue weighted by molar-refractivity contribution is -0.143. The number of piperazine rings is 1. The van der Waals surface area contributed by atoms with Crippen molar-refractivity contribution in [3.8, 4) is 0 Å². The number of halogens is 1. The zero-order valence-electron chi connectivity index (χ0n) is 30.8. The maximum Gasteiger partial charge on any atom is 0.410 e. The Morgan fingerprint density at radius 2 is 1.75 bits per heavy atom. The third-order valence-corrected chi connectivity index (χ3v) is 12.3. The number of hydrogen-bond donors (Lipinski definition) is 0. The van der Waals surface area contributed by atoms with Gasteiger partial charge >= 0.3 is 6.09 Å². The second-order valence-electron chi connectivity index (χ2n) is 15.9. The molecule has 53 heavy (non-hydrogen) atoms. The molecule has 2 aromatic heterocycles. The number of carbonyl (C=O) groups is 2. The summed E-state index contributed by atoms with van der Waals surface area (Å²) in [6.45, 7) is 5.45. The zero-order chi connectivity index (χ0) is 36.4. The SMILES string of the molecule is Cc1cn(C[C@@]2(Cc3ccccc3)CCCN(C(=O)[C@H]3CN([C@H]4c5ccc(Cl)cc5CCc5cccnc54)CCN3C(=O)OC3CCCCC3)C2)cn1. The first kappa shape index (κ1) is 35.8. The predicted molar refractivity (Wildman–Crippen MR) is 206 cm³/mol. The lowest BCUT2D eigenvalue weighted by Gasteiger charge is -2.48. The van der Waals surface area contributed by atoms with Gasteiger partial charge in [0, 0.05) is 62.1 Å². The second kappa shape index (κ2) is 15.6. The molecule has 3 atom stereocenters. The molecular formula is C43H51ClN6O3. The first-order valence-corrected chi connectivity index (χ1v) is 20.0. The van der Waals surface area contributed by atoms with E-state index in [0.717, 1.165) is 80.7 Å². The molecule has 0 spiro atoms. The van der Waals surface area contributed by atoms with Crippen LogP contribution in [0.2, 0.25) is 5.02 Å². The molecule has 3 fully saturated rings. The van der Waals surface area contributed by atoms with Gasteiger partial charge in [-0.1, -0.05) is 60.5 Å². The topological polar surface area (TPSA) is 83.8 Å². The number of rotatable bonds is 7. The molecule has 1 saturated carbocycles. The molecule has 2 saturated heterocycles. The Morgan fingerprint density at radius 3 is 2.57 bits per heavy atom. The number of benzene rings is 2. The van der Waals surface area contributed by atoms with E-state index in [2.05, 4.69) is 74.1 Å². The maximum absolute atomic E-state index is 15.2. The molecule has 8 rings (SSSR count). The first-order valence-electron chi connectivity index (χ1n) is 19.6. The lowest BCUT2D eigenvalue weighted by Crippen LogP contribution is -2.63. The number of likely N-dealkylation sites (tertiary alicyclic amines) is 1. The molecule has 0 radical (unpaired) electrons. The van der Waals surface area contributed by atoms with E-state index in [1.165, 1.54) is 28.7 Å². The van der Waals surface area contributed by atoms with E-state index in [1.54, 1.807) is 4.90 Å². The summed E-state index contributed by atoms with van der Waals surface area (Å²) in [5, 5.41) is 0.722. The van der Waals surface area contributed by atoms with Crippen molar-refractivity contribution in [3.63, 3.8) is 0 Å². The smallest absolute Gasteiger partial charge is 0.410 e. The Hall–Kier alpha value is -4.21. The Balaban J connectivity index is 1.12. The number of piperidine rings is 1. The van der Waals surface area contributed by atoms with Crippen molar-refractivity contribution in [1.29, 1.82) is 0 Å². The van der Waals surface area contributed by atoms with Crippen molar-refractivity contribution in [1.82, 2.24) is 29.2 Å². The predicted octanol–water partition coefficient (Wildman–Crippen LogP) is 7.44. The normalized spacial score (nSPS) is 23.9. The van der Waals surface area contributed by atoms with Gasteiger partial charge in [0.25, 0.3) is 0 Å². The van der Waals surface area contributed by atoms with Gasteiger partial charge in [-0.15, -0.1) is 0 Å². The number of ether oxygens (including phenoxy) is 1. The molecule has 278 valence electrons. The fourth-order valence-corrected chi connectivity index (χ4v) is 9.72. The summed E-state index contributed by atoms with van der Waals surface area (Å²) < 4.78 is 8.37. The highest BCUT2D eigenvalue weighted by Crippen LogP contribution is 2.40. The minimum atomic E-state index is -0.686. The number of hydrogen-bond acceptors (Lipinski definition) is 6. The average Bonchev–Trinajstić information content (AvgIpc) is 3.51. The molecule has 2 aliphatic carbocycles. The summed E-state index contributed by atoms with van der Waals surface area (Å²) in [4.78, 5) is 45.0. The van der Waals surface area contributed by atoms with Crippen LogP contribution in [0, 0.1) is 12.3 Å². The number of pyridine rings is 1. The van der Waals surface area contributed by atoms with E-state index in [4.69, 9.17) is 21.3 Å². The van der Waals surface area contributed by atoms with Gasteiger partial charge in [-0.2, -0.15) is 0 Å². The minimum absolute atomic E-state index is 0.000406. The Kier molecular flexibility index (Phi) is 10.6. The maximum atomic E-state index is 15.2. The van der Waals surface area contributed by atoms with Gasteiger partial charge in [0.15, 0.2) is 0 Å². The summed E-state index contributed by atoms with van der Waals surface area (Å²) >= 11 is 6.54. The zero-order valence-corrected chi connectivity index (χ0v) is 31.6. The van der Waals surface area contributed by atoms with E-state index < -0.39 is 6.04 Å². The van der Waals surface area contributed by atoms with Crippen LogP contribution in [0.3, 0.4) is 0 Å². The third kappa shape index (κ3) is 7.88. The molecule has 9 nitrogen and oxygen atoms in total. The Labute approximate surface area is 318 Å². The summed E-state index contributed by atoms with van der Waals surface area (Å²) in [5.41, 5.74) is 6.67. The lowest BCUT2D eigenvalue weighted by atomic mass is 9.74. The number of amides is 2. The van der Waals surface area contributed by atoms with E-state index in [1.807, 2.05) is 31.6 Å². The Bertz CT molecular complexity index is 1910. The van der Waals surface area contributed by atoms with E-state index >= 15 is 4.79 Å². The van der Waals surface area contributed by atoms with Gasteiger partial charge in [0.05, 0.1) is 23.8 Å². The van der Waals surface area contributed by atoms with Crippen molar-refractivity contribution >= 4 is 23.6 Å². The molecule has 4 aliphatic rings. The number of aromatic nitrogens is 3. The average molecular weight is 735 g/mol. The van der Waals surface area contributed by atoms with Crippen molar-refractivity contribution in [2.24, 2.45) is 5.41 Å². The molecule has 0 unspecified atom stereocenters. The number of aryl methyl sites for hydroxylation is 3. The van der Waals surface area contributed by atoms with E-state index in [0.29, 0.717) is 32.7 Å². The fourth-order valence-electron chi connectivity index (χ4n) is 9.52. The molecule has 4 aromatic rings. The van der Waals surface area contributed by atoms with Crippen LogP contribution in [0.5, 0.6) is 0 Å². The molecular weight excluding hydrogens is 684 g/mol. The van der Waals surface area contributed by atoms with Crippen LogP contribution in [0.4, 0.5) is 4.79 Å². The Morgan fingerprint density at radius 1 is 0.925 bits per heavy atom. The summed E-state index contributed by atoms with van der Waals surface area (Å²) in [6, 6.07) is 20.1. The van der Waals surface area contributed by atoms with Gasteiger partial charge in [-0.3, -0.25) is 19.6 Å². The highest BCUT2D eigenvalue weighted by atomic mass is 35.5. The molecule has 0 bridgehead atoms. The molecule has 2 amide bonds. The van der Waals surface area contributed by atoms with Crippen LogP contribution in [0.25, 0.3) is 0 Å². The molecule has 0 N–H and O–H groups in total. The number of imidazole rings is 1. The highest BCUT2D eigenvalue weighted by Gasteiger charge is 2.45. The van der Waals surface area contributed by atoms with Crippen molar-refractivity contribution in [2.45, 2.75) is 95.9 Å². The quantitative estimate of drug-likeness (QED) is 0.196. The summed E-state index contributed by atoms with van der Waals surface area (Å²) in [5.74, 6) is 0.000406. The summed E-state index contributed by atoms with van der Waals surface area (Å²) in [7, 11) is 0. The summed E-state index contributed by atoms with van der Waals surface area (Å²) in [6.07, 6.45) is 15.0. The van der Waals surface area contributed by atoms with Crippen molar-refractivity contribution in [2.75, 3.05) is 32.7 Å². The van der Waals surface area contributed by atoms with Gasteiger partial charge in [0.2, 0.25) is 5.91 Å². The van der Waals surface area contributed by atoms with Crippen LogP contribution in [-0.2, 0) is 35.3 Å². The van der Waals surface area contributed by atoms with Crippen LogP contribution in [0.15, 0.2) is 79.4 Å². The standard InChI is InChI=1S/C43H51ClN6O3/c1-31-26-47(30-46-31)28-43(25-32-10-4-2-5-11-32)19-9-21-49(29-43)41(51)38-27-48(22-23-50(38)42(52)53-36-13-6-3-7-14-36)40-37-18-17-35(44)24-34(37)16-15-33-12-8-20-45-39(33)40/h2,4-5,8,10-12,17-18,20,24,26,30,36,38,40H,3,6-7,9,13-16,19,21-23,25,27-29H2,1H3/t38-,40+,43+/m1/s1. The molecule has 10 heteroatoms. The van der Waals surface area contributed by atoms with Gasteiger partial charge in [0.1, 0.15) is 12.1 Å². The molecule has 2 aliphatic heterocycles. The highest BCUT2D eigenvalue weighted by molar-refractivity contribution is 6.30. The number of carbonyl (C=O) groups excluding carboxylic acids is 2. The van der Waals surface area contributed by atoms with Gasteiger partial charge in [-0.25, -0.2) is 9.78 Å². The van der Waals surface area contributed by atoms with Gasteiger partial charge < -0.3 is 14.2 Å². The van der Waals surface area contributed by atoms with Crippen LogP contribution < -0.4 is 0 Å². The third-order valence-electron chi connectivity index (χ3n) is 12.0. The van der Waals surface area contributed by atoms with E-state index in [-0.39, 0.29) is 29.6 Å². The van der Waals surface area contributed by atoms with E-state index in [9.17, 15) is 4.79 Å². The van der Waals surface area contributed by atoms with Gasteiger partial charge in [-0.05, 0) is 105 Å². The minimum Gasteiger partial charge on any atom is -0.446 e. The number of nitrogens with zero attached hydrogens (tertiary/aromatic N) is 6. The van der Waals surface area contributed by atoms with Crippen LogP contribution in [-0.4, -0.2) is 86.1 Å². The molecule has 4 heterocycles. The fraction of sp³-hybridized carbons (Fsp3) is 0.488. The first-order chi connectivity index (χ1) is 25.8. The monoisotopic (exact) mass is 734 g/mol. The molecule has 2 aromatic carbocycles. The van der Waals surface area contributed by atoms with Crippen molar-refractivity contribution in [3.05, 3.63) is 118 Å². The second-order valence-corrected chi connectivity index (χ2v) is 16.3. The van der Waals surface area contributed by atoms with Crippen LogP contribution >= 0.6 is 11.6 Å². The van der Waals surface area contributed by atoms with Crippen molar-refractivity contribution < 1.29 is 14.3 Å². The van der Waals surface area contributed by atoms with Crippen LogP contribution in [0.1, 0.15) is 84.6 Å².